The molecule has 0 radical (unpaired) electrons. The third kappa shape index (κ3) is 3.90. The van der Waals surface area contributed by atoms with E-state index in [9.17, 15) is 15.0 Å². The molecular weight excluding hydrogens is 356 g/mol. The van der Waals surface area contributed by atoms with Gasteiger partial charge in [-0.1, -0.05) is 26.3 Å². The zero-order valence-corrected chi connectivity index (χ0v) is 17.5. The SMILES string of the molecule is COc1ccc(C(=O)OC2CC3C(C=C2C)C(C)(C)CCCC3(C)O)cc1O. The number of fused-ring (bicyclic) bond motifs is 1. The zero-order valence-electron chi connectivity index (χ0n) is 17.5. The number of esters is 1. The number of aliphatic hydroxyl groups is 1. The lowest BCUT2D eigenvalue weighted by molar-refractivity contribution is -0.0579. The maximum Gasteiger partial charge on any atom is 0.338 e. The van der Waals surface area contributed by atoms with Crippen LogP contribution in [0.15, 0.2) is 29.8 Å². The van der Waals surface area contributed by atoms with Gasteiger partial charge in [0.05, 0.1) is 18.3 Å². The maximum absolute atomic E-state index is 12.7. The second-order valence-electron chi connectivity index (χ2n) is 9.26. The normalized spacial score (nSPS) is 31.9. The van der Waals surface area contributed by atoms with Crippen LogP contribution >= 0.6 is 0 Å². The second-order valence-corrected chi connectivity index (χ2v) is 9.26. The molecular formula is C23H32O5. The number of methoxy groups -OCH3 is 1. The van der Waals surface area contributed by atoms with Crippen LogP contribution in [0.2, 0.25) is 0 Å². The molecule has 1 aromatic carbocycles. The molecule has 5 heteroatoms. The first-order valence-corrected chi connectivity index (χ1v) is 10.0. The number of ether oxygens (including phenoxy) is 2. The highest BCUT2D eigenvalue weighted by molar-refractivity contribution is 5.90. The molecule has 1 saturated carbocycles. The molecule has 0 saturated heterocycles. The summed E-state index contributed by atoms with van der Waals surface area (Å²) in [4.78, 5) is 12.7. The molecule has 1 fully saturated rings. The topological polar surface area (TPSA) is 76.0 Å². The van der Waals surface area contributed by atoms with E-state index in [2.05, 4.69) is 19.9 Å². The van der Waals surface area contributed by atoms with E-state index >= 15 is 0 Å². The summed E-state index contributed by atoms with van der Waals surface area (Å²) in [6.07, 6.45) is 5.27. The van der Waals surface area contributed by atoms with Gasteiger partial charge in [0.1, 0.15) is 6.10 Å². The van der Waals surface area contributed by atoms with Gasteiger partial charge in [-0.3, -0.25) is 0 Å². The fourth-order valence-corrected chi connectivity index (χ4v) is 4.89. The van der Waals surface area contributed by atoms with Gasteiger partial charge in [-0.15, -0.1) is 0 Å². The van der Waals surface area contributed by atoms with E-state index in [0.717, 1.165) is 24.8 Å². The van der Waals surface area contributed by atoms with Gasteiger partial charge in [0.2, 0.25) is 0 Å². The molecule has 2 aliphatic rings. The Bertz CT molecular complexity index is 777. The number of allylic oxidation sites excluding steroid dienone is 1. The van der Waals surface area contributed by atoms with Crippen LogP contribution in [-0.4, -0.2) is 35.0 Å². The summed E-state index contributed by atoms with van der Waals surface area (Å²) in [5.41, 5.74) is 0.626. The van der Waals surface area contributed by atoms with Gasteiger partial charge in [0.15, 0.2) is 11.5 Å². The lowest BCUT2D eigenvalue weighted by Gasteiger charge is -2.45. The van der Waals surface area contributed by atoms with E-state index in [1.54, 1.807) is 12.1 Å². The predicted octanol–water partition coefficient (Wildman–Crippen LogP) is 4.47. The smallest absolute Gasteiger partial charge is 0.338 e. The fourth-order valence-electron chi connectivity index (χ4n) is 4.89. The lowest BCUT2D eigenvalue weighted by Crippen LogP contribution is -2.46. The van der Waals surface area contributed by atoms with Crippen molar-refractivity contribution in [1.29, 1.82) is 0 Å². The molecule has 0 aromatic heterocycles. The van der Waals surface area contributed by atoms with Crippen molar-refractivity contribution in [2.75, 3.05) is 7.11 Å². The average Bonchev–Trinajstić information content (AvgIpc) is 2.69. The van der Waals surface area contributed by atoms with Gasteiger partial charge < -0.3 is 19.7 Å². The van der Waals surface area contributed by atoms with E-state index < -0.39 is 11.6 Å². The Balaban J connectivity index is 1.84. The van der Waals surface area contributed by atoms with Crippen LogP contribution in [0.5, 0.6) is 11.5 Å². The standard InChI is InChI=1S/C23H32O5/c1-14-11-16-17(23(4,26)10-6-9-22(16,2)3)13-20(14)28-21(25)15-7-8-19(27-5)18(24)12-15/h7-8,11-12,16-17,20,24,26H,6,9-10,13H2,1-5H3. The van der Waals surface area contributed by atoms with E-state index in [1.807, 2.05) is 13.8 Å². The minimum Gasteiger partial charge on any atom is -0.504 e. The number of phenolic OH excluding ortho intramolecular Hbond substituents is 1. The third-order valence-electron chi connectivity index (χ3n) is 6.72. The predicted molar refractivity (Wildman–Crippen MR) is 107 cm³/mol. The summed E-state index contributed by atoms with van der Waals surface area (Å²) < 4.78 is 10.8. The minimum atomic E-state index is -0.779. The first-order valence-electron chi connectivity index (χ1n) is 10.0. The van der Waals surface area contributed by atoms with Crippen LogP contribution in [0.25, 0.3) is 0 Å². The zero-order chi connectivity index (χ0) is 20.7. The monoisotopic (exact) mass is 388 g/mol. The number of carbonyl (C=O) groups excluding carboxylic acids is 1. The highest BCUT2D eigenvalue weighted by Gasteiger charge is 2.49. The molecule has 0 spiro atoms. The second kappa shape index (κ2) is 7.43. The quantitative estimate of drug-likeness (QED) is 0.590. The number of carbonyl (C=O) groups is 1. The molecule has 28 heavy (non-hydrogen) atoms. The number of phenols is 1. The number of benzene rings is 1. The van der Waals surface area contributed by atoms with Gasteiger partial charge in [-0.05, 0) is 74.1 Å². The van der Waals surface area contributed by atoms with E-state index in [-0.39, 0.29) is 34.7 Å². The molecule has 4 atom stereocenters. The number of hydrogen-bond acceptors (Lipinski definition) is 5. The van der Waals surface area contributed by atoms with E-state index in [4.69, 9.17) is 9.47 Å². The minimum absolute atomic E-state index is 0.0378. The van der Waals surface area contributed by atoms with Gasteiger partial charge >= 0.3 is 5.97 Å². The van der Waals surface area contributed by atoms with Gasteiger partial charge in [-0.2, -0.15) is 0 Å². The Morgan fingerprint density at radius 2 is 1.93 bits per heavy atom. The van der Waals surface area contributed by atoms with Crippen molar-refractivity contribution < 1.29 is 24.5 Å². The summed E-state index contributed by atoms with van der Waals surface area (Å²) in [7, 11) is 1.46. The molecule has 3 rings (SSSR count). The van der Waals surface area contributed by atoms with Gasteiger partial charge in [0, 0.05) is 0 Å². The molecule has 0 amide bonds. The Kier molecular flexibility index (Phi) is 5.50. The Morgan fingerprint density at radius 3 is 2.57 bits per heavy atom. The van der Waals surface area contributed by atoms with Crippen molar-refractivity contribution in [3.05, 3.63) is 35.4 Å². The third-order valence-corrected chi connectivity index (χ3v) is 6.72. The maximum atomic E-state index is 12.7. The average molecular weight is 389 g/mol. The van der Waals surface area contributed by atoms with Crippen molar-refractivity contribution in [3.63, 3.8) is 0 Å². The summed E-state index contributed by atoms with van der Waals surface area (Å²) in [5, 5.41) is 21.0. The number of rotatable bonds is 3. The Hall–Kier alpha value is -2.01. The lowest BCUT2D eigenvalue weighted by atomic mass is 9.62. The van der Waals surface area contributed by atoms with Crippen LogP contribution < -0.4 is 4.74 Å². The Morgan fingerprint density at radius 1 is 1.21 bits per heavy atom. The van der Waals surface area contributed by atoms with Crippen LogP contribution in [0, 0.1) is 17.3 Å². The van der Waals surface area contributed by atoms with E-state index in [0.29, 0.717) is 12.2 Å². The fraction of sp³-hybridized carbons (Fsp3) is 0.609. The van der Waals surface area contributed by atoms with Crippen molar-refractivity contribution >= 4 is 5.97 Å². The van der Waals surface area contributed by atoms with Gasteiger partial charge in [0.25, 0.3) is 0 Å². The van der Waals surface area contributed by atoms with Crippen molar-refractivity contribution in [3.8, 4) is 11.5 Å². The summed E-state index contributed by atoms with van der Waals surface area (Å²) in [5.74, 6) is 0.0219. The summed E-state index contributed by atoms with van der Waals surface area (Å²) >= 11 is 0. The van der Waals surface area contributed by atoms with Crippen molar-refractivity contribution in [2.45, 2.75) is 65.1 Å². The van der Waals surface area contributed by atoms with Crippen LogP contribution in [0.3, 0.4) is 0 Å². The first kappa shape index (κ1) is 20.7. The molecule has 0 aliphatic heterocycles. The highest BCUT2D eigenvalue weighted by atomic mass is 16.5. The van der Waals surface area contributed by atoms with Crippen LogP contribution in [0.4, 0.5) is 0 Å². The van der Waals surface area contributed by atoms with Crippen LogP contribution in [0.1, 0.15) is 63.7 Å². The molecule has 5 nitrogen and oxygen atoms in total. The Labute approximate surface area is 167 Å². The van der Waals surface area contributed by atoms with Crippen molar-refractivity contribution in [2.24, 2.45) is 17.3 Å². The molecule has 1 aromatic rings. The number of hydrogen-bond donors (Lipinski definition) is 2. The summed E-state index contributed by atoms with van der Waals surface area (Å²) in [6, 6.07) is 4.48. The first-order chi connectivity index (χ1) is 13.0. The molecule has 2 aliphatic carbocycles. The van der Waals surface area contributed by atoms with Gasteiger partial charge in [-0.25, -0.2) is 4.79 Å². The van der Waals surface area contributed by atoms with E-state index in [1.165, 1.54) is 13.2 Å². The molecule has 0 bridgehead atoms. The summed E-state index contributed by atoms with van der Waals surface area (Å²) in [6.45, 7) is 8.45. The molecule has 4 unspecified atom stereocenters. The molecule has 0 heterocycles. The number of aromatic hydroxyl groups is 1. The molecule has 2 N–H and O–H groups in total. The van der Waals surface area contributed by atoms with Crippen molar-refractivity contribution in [1.82, 2.24) is 0 Å². The largest absolute Gasteiger partial charge is 0.504 e. The highest BCUT2D eigenvalue weighted by Crippen LogP contribution is 2.51. The molecule has 154 valence electrons. The van der Waals surface area contributed by atoms with Crippen LogP contribution in [-0.2, 0) is 4.74 Å².